The molecule has 0 saturated carbocycles. The fraction of sp³-hybridized carbons (Fsp3) is 0.233. The van der Waals surface area contributed by atoms with Gasteiger partial charge in [0.1, 0.15) is 11.5 Å². The first kappa shape index (κ1) is 26.2. The molecule has 8 nitrogen and oxygen atoms in total. The first-order valence-corrected chi connectivity index (χ1v) is 13.2. The van der Waals surface area contributed by atoms with Gasteiger partial charge in [0, 0.05) is 5.56 Å². The molecular formula is C30H28N2O6S. The van der Waals surface area contributed by atoms with Crippen molar-refractivity contribution in [1.29, 1.82) is 0 Å². The largest absolute Gasteiger partial charge is 0.507 e. The van der Waals surface area contributed by atoms with Crippen molar-refractivity contribution >= 4 is 44.1 Å². The molecule has 1 unspecified atom stereocenters. The number of hydrogen-bond acceptors (Lipinski definition) is 8. The molecule has 3 aromatic carbocycles. The van der Waals surface area contributed by atoms with Crippen molar-refractivity contribution in [3.63, 3.8) is 0 Å². The number of thiazole rings is 1. The van der Waals surface area contributed by atoms with Gasteiger partial charge in [0.25, 0.3) is 5.78 Å². The zero-order valence-corrected chi connectivity index (χ0v) is 23.1. The van der Waals surface area contributed by atoms with Gasteiger partial charge in [0.2, 0.25) is 0 Å². The number of hydrogen-bond donors (Lipinski definition) is 1. The first-order chi connectivity index (χ1) is 18.8. The summed E-state index contributed by atoms with van der Waals surface area (Å²) in [5, 5.41) is 11.9. The number of aromatic nitrogens is 1. The Morgan fingerprint density at radius 3 is 2.41 bits per heavy atom. The molecule has 1 N–H and O–H groups in total. The van der Waals surface area contributed by atoms with E-state index in [9.17, 15) is 14.7 Å². The van der Waals surface area contributed by atoms with Gasteiger partial charge >= 0.3 is 5.91 Å². The van der Waals surface area contributed by atoms with E-state index < -0.39 is 17.7 Å². The SMILES string of the molecule is CCOc1ccc(C2C(=C(O)c3ccc(OC)c(C)c3)C(=O)C(=O)N2c2nc3ccc(C)cc3s2)cc1OC. The summed E-state index contributed by atoms with van der Waals surface area (Å²) in [6.07, 6.45) is 0. The summed E-state index contributed by atoms with van der Waals surface area (Å²) >= 11 is 1.32. The maximum Gasteiger partial charge on any atom is 0.301 e. The van der Waals surface area contributed by atoms with Crippen LogP contribution in [-0.2, 0) is 9.59 Å². The maximum atomic E-state index is 13.6. The van der Waals surface area contributed by atoms with Crippen molar-refractivity contribution in [2.24, 2.45) is 0 Å². The van der Waals surface area contributed by atoms with Gasteiger partial charge in [-0.05, 0) is 79.9 Å². The molecule has 1 aromatic heterocycles. The molecule has 0 spiro atoms. The highest BCUT2D eigenvalue weighted by molar-refractivity contribution is 7.22. The number of aliphatic hydroxyl groups excluding tert-OH is 1. The smallest absolute Gasteiger partial charge is 0.301 e. The van der Waals surface area contributed by atoms with Gasteiger partial charge in [-0.1, -0.05) is 23.5 Å². The maximum absolute atomic E-state index is 13.6. The summed E-state index contributed by atoms with van der Waals surface area (Å²) in [5.41, 5.74) is 3.48. The highest BCUT2D eigenvalue weighted by atomic mass is 32.1. The number of ether oxygens (including phenoxy) is 3. The van der Waals surface area contributed by atoms with Gasteiger partial charge in [0.05, 0.1) is 42.7 Å². The van der Waals surface area contributed by atoms with E-state index in [0.717, 1.165) is 21.3 Å². The molecular weight excluding hydrogens is 516 g/mol. The number of carbonyl (C=O) groups excluding carboxylic acids is 2. The second kappa shape index (κ2) is 10.4. The number of fused-ring (bicyclic) bond motifs is 1. The minimum Gasteiger partial charge on any atom is -0.507 e. The normalized spacial score (nSPS) is 16.6. The number of carbonyl (C=O) groups is 2. The van der Waals surface area contributed by atoms with Crippen LogP contribution < -0.4 is 19.1 Å². The van der Waals surface area contributed by atoms with E-state index in [-0.39, 0.29) is 11.3 Å². The van der Waals surface area contributed by atoms with Crippen LogP contribution in [0.3, 0.4) is 0 Å². The number of anilines is 1. The standard InChI is InChI=1S/C30H28N2O6S/c1-6-38-22-12-8-18(15-23(22)37-5)26-25(27(33)19-9-11-21(36-4)17(3)14-19)28(34)29(35)32(26)30-31-20-10-7-16(2)13-24(20)39-30/h7-15,26,33H,6H2,1-5H3. The fourth-order valence-corrected chi connectivity index (χ4v) is 5.87. The Morgan fingerprint density at radius 1 is 0.974 bits per heavy atom. The molecule has 0 aliphatic carbocycles. The lowest BCUT2D eigenvalue weighted by Crippen LogP contribution is -2.29. The van der Waals surface area contributed by atoms with E-state index in [4.69, 9.17) is 14.2 Å². The van der Waals surface area contributed by atoms with Gasteiger partial charge in [-0.25, -0.2) is 4.98 Å². The summed E-state index contributed by atoms with van der Waals surface area (Å²) in [7, 11) is 3.08. The Balaban J connectivity index is 1.73. The highest BCUT2D eigenvalue weighted by Crippen LogP contribution is 2.46. The molecule has 9 heteroatoms. The van der Waals surface area contributed by atoms with Crippen LogP contribution in [0.2, 0.25) is 0 Å². The minimum absolute atomic E-state index is 0.0359. The van der Waals surface area contributed by atoms with Crippen LogP contribution >= 0.6 is 11.3 Å². The van der Waals surface area contributed by atoms with E-state index >= 15 is 0 Å². The molecule has 39 heavy (non-hydrogen) atoms. The van der Waals surface area contributed by atoms with Crippen LogP contribution in [-0.4, -0.2) is 42.6 Å². The Kier molecular flexibility index (Phi) is 7.01. The van der Waals surface area contributed by atoms with E-state index in [0.29, 0.717) is 40.1 Å². The Labute approximate surface area is 230 Å². The Morgan fingerprint density at radius 2 is 1.72 bits per heavy atom. The van der Waals surface area contributed by atoms with E-state index in [1.807, 2.05) is 39.0 Å². The number of Topliss-reactive ketones (excluding diaryl/α,β-unsaturated/α-hetero) is 1. The molecule has 1 aliphatic heterocycles. The lowest BCUT2D eigenvalue weighted by molar-refractivity contribution is -0.132. The molecule has 0 bridgehead atoms. The molecule has 1 atom stereocenters. The lowest BCUT2D eigenvalue weighted by atomic mass is 9.94. The third kappa shape index (κ3) is 4.59. The highest BCUT2D eigenvalue weighted by Gasteiger charge is 2.48. The molecule has 5 rings (SSSR count). The van der Waals surface area contributed by atoms with E-state index in [2.05, 4.69) is 4.98 Å². The molecule has 200 valence electrons. The second-order valence-corrected chi connectivity index (χ2v) is 10.2. The predicted octanol–water partition coefficient (Wildman–Crippen LogP) is 5.96. The number of rotatable bonds is 7. The molecule has 1 aliphatic rings. The van der Waals surface area contributed by atoms with Crippen molar-refractivity contribution < 1.29 is 28.9 Å². The molecule has 1 amide bonds. The summed E-state index contributed by atoms with van der Waals surface area (Å²) in [6, 6.07) is 15.2. The number of nitrogens with zero attached hydrogens (tertiary/aromatic N) is 2. The van der Waals surface area contributed by atoms with Crippen molar-refractivity contribution in [3.8, 4) is 17.2 Å². The van der Waals surface area contributed by atoms with Crippen LogP contribution in [0.1, 0.15) is 35.2 Å². The van der Waals surface area contributed by atoms with Crippen LogP contribution in [0.15, 0.2) is 60.2 Å². The fourth-order valence-electron chi connectivity index (χ4n) is 4.78. The van der Waals surface area contributed by atoms with Gasteiger partial charge in [-0.15, -0.1) is 0 Å². The number of aliphatic hydroxyl groups is 1. The topological polar surface area (TPSA) is 98.2 Å². The second-order valence-electron chi connectivity index (χ2n) is 9.16. The van der Waals surface area contributed by atoms with Gasteiger partial charge in [-0.2, -0.15) is 0 Å². The summed E-state index contributed by atoms with van der Waals surface area (Å²) in [4.78, 5) is 33.2. The average Bonchev–Trinajstić information content (AvgIpc) is 3.46. The van der Waals surface area contributed by atoms with Crippen LogP contribution in [0, 0.1) is 13.8 Å². The number of methoxy groups -OCH3 is 2. The van der Waals surface area contributed by atoms with Crippen molar-refractivity contribution in [2.45, 2.75) is 26.8 Å². The first-order valence-electron chi connectivity index (χ1n) is 12.4. The lowest BCUT2D eigenvalue weighted by Gasteiger charge is -2.24. The monoisotopic (exact) mass is 544 g/mol. The zero-order valence-electron chi connectivity index (χ0n) is 22.3. The van der Waals surface area contributed by atoms with Crippen molar-refractivity contribution in [1.82, 2.24) is 4.98 Å². The summed E-state index contributed by atoms with van der Waals surface area (Å²) in [6.45, 7) is 6.13. The number of amides is 1. The van der Waals surface area contributed by atoms with Crippen LogP contribution in [0.5, 0.6) is 17.2 Å². The van der Waals surface area contributed by atoms with Gasteiger partial charge in [-0.3, -0.25) is 14.5 Å². The molecule has 2 heterocycles. The third-order valence-electron chi connectivity index (χ3n) is 6.65. The van der Waals surface area contributed by atoms with E-state index in [1.165, 1.54) is 23.3 Å². The minimum atomic E-state index is -0.946. The van der Waals surface area contributed by atoms with Crippen LogP contribution in [0.25, 0.3) is 16.0 Å². The van der Waals surface area contributed by atoms with Gasteiger partial charge in [0.15, 0.2) is 16.6 Å². The Hall–Kier alpha value is -4.37. The quantitative estimate of drug-likeness (QED) is 0.174. The van der Waals surface area contributed by atoms with E-state index in [1.54, 1.807) is 43.5 Å². The van der Waals surface area contributed by atoms with Crippen molar-refractivity contribution in [2.75, 3.05) is 25.7 Å². The molecule has 1 saturated heterocycles. The number of aryl methyl sites for hydroxylation is 2. The molecule has 4 aromatic rings. The molecule has 0 radical (unpaired) electrons. The number of benzene rings is 3. The average molecular weight is 545 g/mol. The summed E-state index contributed by atoms with van der Waals surface area (Å²) < 4.78 is 17.5. The summed E-state index contributed by atoms with van der Waals surface area (Å²) in [5.74, 6) is -0.229. The number of ketones is 1. The van der Waals surface area contributed by atoms with Crippen LogP contribution in [0.4, 0.5) is 5.13 Å². The third-order valence-corrected chi connectivity index (χ3v) is 7.67. The zero-order chi connectivity index (χ0) is 27.8. The van der Waals surface area contributed by atoms with Crippen molar-refractivity contribution in [3.05, 3.63) is 82.4 Å². The predicted molar refractivity (Wildman–Crippen MR) is 151 cm³/mol. The Bertz CT molecular complexity index is 1640. The molecule has 1 fully saturated rings. The van der Waals surface area contributed by atoms with Gasteiger partial charge < -0.3 is 19.3 Å².